The summed E-state index contributed by atoms with van der Waals surface area (Å²) in [6, 6.07) is 13.1. The molecule has 2 rings (SSSR count). The summed E-state index contributed by atoms with van der Waals surface area (Å²) in [7, 11) is 0. The lowest BCUT2D eigenvalue weighted by Crippen LogP contribution is -2.12. The lowest BCUT2D eigenvalue weighted by molar-refractivity contribution is 0.0978. The average molecular weight is 332 g/mol. The zero-order valence-corrected chi connectivity index (χ0v) is 12.3. The normalized spacial score (nSPS) is 11.7. The summed E-state index contributed by atoms with van der Waals surface area (Å²) in [4.78, 5) is 12.4. The van der Waals surface area contributed by atoms with Gasteiger partial charge in [0.2, 0.25) is 0 Å². The third kappa shape index (κ3) is 3.12. The Balaban J connectivity index is 2.42. The van der Waals surface area contributed by atoms with E-state index in [1.54, 1.807) is 31.2 Å². The molecule has 0 aliphatic carbocycles. The van der Waals surface area contributed by atoms with E-state index in [0.29, 0.717) is 11.1 Å². The summed E-state index contributed by atoms with van der Waals surface area (Å²) < 4.78 is 14.2. The van der Waals surface area contributed by atoms with E-state index in [2.05, 4.69) is 15.9 Å². The van der Waals surface area contributed by atoms with E-state index in [1.807, 2.05) is 12.1 Å². The fraction of sp³-hybridized carbons (Fsp3) is 0.125. The molecule has 0 spiro atoms. The third-order valence-electron chi connectivity index (χ3n) is 2.90. The van der Waals surface area contributed by atoms with Crippen LogP contribution in [0.2, 0.25) is 0 Å². The van der Waals surface area contributed by atoms with Crippen molar-refractivity contribution in [2.75, 3.05) is 0 Å². The lowest BCUT2D eigenvalue weighted by Gasteiger charge is -2.10. The van der Waals surface area contributed by atoms with E-state index in [4.69, 9.17) is 0 Å². The van der Waals surface area contributed by atoms with Crippen LogP contribution < -0.4 is 0 Å². The Bertz CT molecular complexity index is 686. The first-order chi connectivity index (χ1) is 9.51. The van der Waals surface area contributed by atoms with E-state index in [9.17, 15) is 14.4 Å². The highest BCUT2D eigenvalue weighted by Gasteiger charge is 2.22. The highest BCUT2D eigenvalue weighted by Crippen LogP contribution is 2.24. The molecule has 4 heteroatoms. The van der Waals surface area contributed by atoms with Gasteiger partial charge in [-0.2, -0.15) is 5.26 Å². The Morgan fingerprint density at radius 1 is 1.30 bits per heavy atom. The topological polar surface area (TPSA) is 40.9 Å². The summed E-state index contributed by atoms with van der Waals surface area (Å²) >= 11 is 3.31. The Hall–Kier alpha value is -1.99. The second kappa shape index (κ2) is 5.98. The Kier molecular flexibility index (Phi) is 4.31. The van der Waals surface area contributed by atoms with Gasteiger partial charge in [-0.25, -0.2) is 4.39 Å². The van der Waals surface area contributed by atoms with Crippen LogP contribution in [0.1, 0.15) is 27.4 Å². The van der Waals surface area contributed by atoms with Crippen molar-refractivity contribution in [2.45, 2.75) is 12.8 Å². The van der Waals surface area contributed by atoms with E-state index in [0.717, 1.165) is 10.5 Å². The second-order valence-corrected chi connectivity index (χ2v) is 5.41. The lowest BCUT2D eigenvalue weighted by atomic mass is 9.91. The van der Waals surface area contributed by atoms with Crippen LogP contribution in [0.25, 0.3) is 0 Å². The standard InChI is InChI=1S/C16H11BrFNO/c1-10-5-12(8-14(18)6-10)16(20)15(9-19)11-3-2-4-13(17)7-11/h2-8,15H,1H3. The molecular weight excluding hydrogens is 321 g/mol. The van der Waals surface area contributed by atoms with Crippen LogP contribution in [0.4, 0.5) is 4.39 Å². The summed E-state index contributed by atoms with van der Waals surface area (Å²) in [5, 5.41) is 9.26. The first-order valence-corrected chi connectivity index (χ1v) is 6.77. The molecule has 0 heterocycles. The maximum atomic E-state index is 13.4. The molecular formula is C16H11BrFNO. The van der Waals surface area contributed by atoms with Crippen LogP contribution >= 0.6 is 15.9 Å². The largest absolute Gasteiger partial charge is 0.292 e. The van der Waals surface area contributed by atoms with Crippen LogP contribution in [-0.4, -0.2) is 5.78 Å². The first kappa shape index (κ1) is 14.4. The van der Waals surface area contributed by atoms with E-state index in [-0.39, 0.29) is 5.56 Å². The monoisotopic (exact) mass is 331 g/mol. The average Bonchev–Trinajstić information content (AvgIpc) is 2.38. The molecule has 0 saturated carbocycles. The molecule has 2 aromatic rings. The number of ketones is 1. The zero-order chi connectivity index (χ0) is 14.7. The van der Waals surface area contributed by atoms with Crippen LogP contribution in [0.15, 0.2) is 46.9 Å². The van der Waals surface area contributed by atoms with Gasteiger partial charge in [0.05, 0.1) is 6.07 Å². The molecule has 0 N–H and O–H groups in total. The van der Waals surface area contributed by atoms with E-state index in [1.165, 1.54) is 6.07 Å². The first-order valence-electron chi connectivity index (χ1n) is 5.98. The van der Waals surface area contributed by atoms with Gasteiger partial charge < -0.3 is 0 Å². The van der Waals surface area contributed by atoms with Crippen molar-refractivity contribution in [3.8, 4) is 6.07 Å². The van der Waals surface area contributed by atoms with Gasteiger partial charge in [0.25, 0.3) is 0 Å². The van der Waals surface area contributed by atoms with Crippen molar-refractivity contribution < 1.29 is 9.18 Å². The van der Waals surface area contributed by atoms with E-state index >= 15 is 0 Å². The summed E-state index contributed by atoms with van der Waals surface area (Å²) in [6.45, 7) is 1.71. The molecule has 0 aromatic heterocycles. The van der Waals surface area contributed by atoms with Gasteiger partial charge in [-0.05, 0) is 48.4 Å². The van der Waals surface area contributed by atoms with Gasteiger partial charge in [0.15, 0.2) is 5.78 Å². The molecule has 2 nitrogen and oxygen atoms in total. The number of carbonyl (C=O) groups excluding carboxylic acids is 1. The van der Waals surface area contributed by atoms with Crippen molar-refractivity contribution in [3.05, 3.63) is 69.4 Å². The number of aryl methyl sites for hydroxylation is 1. The number of Topliss-reactive ketones (excluding diaryl/α,β-unsaturated/α-hetero) is 1. The highest BCUT2D eigenvalue weighted by atomic mass is 79.9. The van der Waals surface area contributed by atoms with Gasteiger partial charge in [0, 0.05) is 10.0 Å². The molecule has 20 heavy (non-hydrogen) atoms. The molecule has 0 aliphatic heterocycles. The number of hydrogen-bond donors (Lipinski definition) is 0. The predicted molar refractivity (Wildman–Crippen MR) is 78.0 cm³/mol. The maximum Gasteiger partial charge on any atom is 0.184 e. The minimum Gasteiger partial charge on any atom is -0.292 e. The highest BCUT2D eigenvalue weighted by molar-refractivity contribution is 9.10. The molecule has 0 aliphatic rings. The van der Waals surface area contributed by atoms with Crippen molar-refractivity contribution in [2.24, 2.45) is 0 Å². The van der Waals surface area contributed by atoms with Gasteiger partial charge in [0.1, 0.15) is 11.7 Å². The van der Waals surface area contributed by atoms with E-state index < -0.39 is 17.5 Å². The Morgan fingerprint density at radius 3 is 2.65 bits per heavy atom. The number of halogens is 2. The Labute approximate surface area is 125 Å². The SMILES string of the molecule is Cc1cc(F)cc(C(=O)C(C#N)c2cccc(Br)c2)c1. The van der Waals surface area contributed by atoms with Crippen molar-refractivity contribution in [3.63, 3.8) is 0 Å². The summed E-state index contributed by atoms with van der Waals surface area (Å²) in [5.74, 6) is -1.80. The van der Waals surface area contributed by atoms with Crippen LogP contribution in [0, 0.1) is 24.1 Å². The fourth-order valence-electron chi connectivity index (χ4n) is 2.02. The zero-order valence-electron chi connectivity index (χ0n) is 10.7. The second-order valence-electron chi connectivity index (χ2n) is 4.50. The Morgan fingerprint density at radius 2 is 2.05 bits per heavy atom. The third-order valence-corrected chi connectivity index (χ3v) is 3.39. The maximum absolute atomic E-state index is 13.4. The number of hydrogen-bond acceptors (Lipinski definition) is 2. The van der Waals surface area contributed by atoms with Crippen molar-refractivity contribution in [1.82, 2.24) is 0 Å². The number of nitrogens with zero attached hydrogens (tertiary/aromatic N) is 1. The molecule has 1 atom stereocenters. The van der Waals surface area contributed by atoms with Crippen LogP contribution in [0.3, 0.4) is 0 Å². The summed E-state index contributed by atoms with van der Waals surface area (Å²) in [5.41, 5.74) is 1.46. The number of rotatable bonds is 3. The number of carbonyl (C=O) groups is 1. The molecule has 0 bridgehead atoms. The molecule has 1 unspecified atom stereocenters. The van der Waals surface area contributed by atoms with Gasteiger partial charge in [-0.15, -0.1) is 0 Å². The van der Waals surface area contributed by atoms with Crippen molar-refractivity contribution >= 4 is 21.7 Å². The van der Waals surface area contributed by atoms with Gasteiger partial charge >= 0.3 is 0 Å². The smallest absolute Gasteiger partial charge is 0.184 e. The van der Waals surface area contributed by atoms with Crippen LogP contribution in [-0.2, 0) is 0 Å². The van der Waals surface area contributed by atoms with Crippen LogP contribution in [0.5, 0.6) is 0 Å². The molecule has 0 fully saturated rings. The minimum absolute atomic E-state index is 0.217. The minimum atomic E-state index is -0.936. The van der Waals surface area contributed by atoms with Gasteiger partial charge in [-0.1, -0.05) is 28.1 Å². The quantitative estimate of drug-likeness (QED) is 0.783. The molecule has 0 radical (unpaired) electrons. The van der Waals surface area contributed by atoms with Gasteiger partial charge in [-0.3, -0.25) is 4.79 Å². The molecule has 0 amide bonds. The molecule has 0 saturated heterocycles. The fourth-order valence-corrected chi connectivity index (χ4v) is 2.43. The van der Waals surface area contributed by atoms with Crippen molar-refractivity contribution in [1.29, 1.82) is 5.26 Å². The molecule has 2 aromatic carbocycles. The summed E-state index contributed by atoms with van der Waals surface area (Å²) in [6.07, 6.45) is 0. The number of benzene rings is 2. The molecule has 100 valence electrons. The number of nitriles is 1. The predicted octanol–water partition coefficient (Wildman–Crippen LogP) is 4.39.